The normalized spacial score (nSPS) is 16.1. The van der Waals surface area contributed by atoms with Crippen LogP contribution in [0, 0.1) is 0 Å². The smallest absolute Gasteiger partial charge is 0.271 e. The molecule has 0 saturated heterocycles. The Bertz CT molecular complexity index is 2030. The van der Waals surface area contributed by atoms with Crippen LogP contribution in [0.15, 0.2) is 98.6 Å². The van der Waals surface area contributed by atoms with Gasteiger partial charge >= 0.3 is 0 Å². The maximum atomic E-state index is 14.1. The summed E-state index contributed by atoms with van der Waals surface area (Å²) in [4.78, 5) is 19.8. The molecule has 0 radical (unpaired) electrons. The van der Waals surface area contributed by atoms with Gasteiger partial charge in [-0.25, -0.2) is 4.99 Å². The first-order chi connectivity index (χ1) is 20.0. The van der Waals surface area contributed by atoms with Crippen molar-refractivity contribution in [3.63, 3.8) is 0 Å². The van der Waals surface area contributed by atoms with Gasteiger partial charge in [0.05, 0.1) is 30.5 Å². The van der Waals surface area contributed by atoms with Crippen molar-refractivity contribution in [1.82, 2.24) is 4.57 Å². The number of furan rings is 1. The molecule has 7 rings (SSSR count). The van der Waals surface area contributed by atoms with Crippen LogP contribution in [0.3, 0.4) is 0 Å². The minimum Gasteiger partial charge on any atom is -0.493 e. The molecule has 0 spiro atoms. The van der Waals surface area contributed by atoms with Crippen LogP contribution in [-0.2, 0) is 6.42 Å². The van der Waals surface area contributed by atoms with E-state index in [2.05, 4.69) is 18.2 Å². The Morgan fingerprint density at radius 3 is 2.66 bits per heavy atom. The second kappa shape index (κ2) is 10.3. The zero-order valence-electron chi connectivity index (χ0n) is 22.4. The number of hydrogen-bond donors (Lipinski definition) is 0. The van der Waals surface area contributed by atoms with Crippen molar-refractivity contribution in [2.45, 2.75) is 18.9 Å². The zero-order chi connectivity index (χ0) is 28.1. The molecule has 2 aliphatic rings. The van der Waals surface area contributed by atoms with E-state index < -0.39 is 0 Å². The molecule has 1 aliphatic heterocycles. The van der Waals surface area contributed by atoms with Crippen molar-refractivity contribution < 1.29 is 13.9 Å². The van der Waals surface area contributed by atoms with Crippen LogP contribution in [0.4, 0.5) is 0 Å². The predicted molar refractivity (Wildman–Crippen MR) is 161 cm³/mol. The van der Waals surface area contributed by atoms with E-state index in [4.69, 9.17) is 30.5 Å². The van der Waals surface area contributed by atoms with Gasteiger partial charge in [0.2, 0.25) is 0 Å². The average molecular weight is 581 g/mol. The van der Waals surface area contributed by atoms with Crippen molar-refractivity contribution in [2.24, 2.45) is 4.99 Å². The summed E-state index contributed by atoms with van der Waals surface area (Å²) < 4.78 is 19.6. The fraction of sp³-hybridized carbons (Fsp3) is 0.152. The van der Waals surface area contributed by atoms with Crippen LogP contribution in [0.2, 0.25) is 5.02 Å². The van der Waals surface area contributed by atoms with Crippen molar-refractivity contribution in [1.29, 1.82) is 0 Å². The first-order valence-corrected chi connectivity index (χ1v) is 14.4. The number of rotatable bonds is 5. The Kier molecular flexibility index (Phi) is 6.41. The summed E-state index contributed by atoms with van der Waals surface area (Å²) in [6.45, 7) is 0. The van der Waals surface area contributed by atoms with Crippen molar-refractivity contribution >= 4 is 34.7 Å². The molecule has 1 unspecified atom stereocenters. The number of thiazole rings is 1. The molecule has 0 amide bonds. The van der Waals surface area contributed by atoms with Gasteiger partial charge in [-0.15, -0.1) is 0 Å². The number of aromatic nitrogens is 1. The van der Waals surface area contributed by atoms with Crippen molar-refractivity contribution in [3.8, 4) is 22.8 Å². The van der Waals surface area contributed by atoms with E-state index in [1.165, 1.54) is 16.9 Å². The van der Waals surface area contributed by atoms with Gasteiger partial charge in [-0.3, -0.25) is 9.36 Å². The van der Waals surface area contributed by atoms with E-state index in [1.807, 2.05) is 65.2 Å². The lowest BCUT2D eigenvalue weighted by Crippen LogP contribution is -2.38. The molecule has 3 aromatic carbocycles. The highest BCUT2D eigenvalue weighted by molar-refractivity contribution is 7.07. The van der Waals surface area contributed by atoms with Crippen LogP contribution in [-0.4, -0.2) is 18.8 Å². The van der Waals surface area contributed by atoms with Gasteiger partial charge in [0.15, 0.2) is 16.3 Å². The molecule has 1 aliphatic carbocycles. The summed E-state index contributed by atoms with van der Waals surface area (Å²) in [6, 6.07) is 25.1. The van der Waals surface area contributed by atoms with Gasteiger partial charge in [-0.05, 0) is 65.9 Å². The number of methoxy groups -OCH3 is 2. The van der Waals surface area contributed by atoms with Gasteiger partial charge in [-0.2, -0.15) is 0 Å². The van der Waals surface area contributed by atoms with Gasteiger partial charge < -0.3 is 13.9 Å². The highest BCUT2D eigenvalue weighted by Crippen LogP contribution is 2.42. The highest BCUT2D eigenvalue weighted by atomic mass is 35.5. The van der Waals surface area contributed by atoms with E-state index in [0.717, 1.165) is 40.8 Å². The molecule has 204 valence electrons. The fourth-order valence-electron chi connectivity index (χ4n) is 5.70. The number of benzene rings is 3. The summed E-state index contributed by atoms with van der Waals surface area (Å²) >= 11 is 7.54. The number of hydrogen-bond acceptors (Lipinski definition) is 6. The molecule has 6 nitrogen and oxygen atoms in total. The van der Waals surface area contributed by atoms with E-state index in [0.29, 0.717) is 37.4 Å². The lowest BCUT2D eigenvalue weighted by Gasteiger charge is -2.31. The minimum atomic E-state index is -0.324. The molecule has 1 atom stereocenters. The third kappa shape index (κ3) is 4.42. The lowest BCUT2D eigenvalue weighted by atomic mass is 9.83. The molecule has 41 heavy (non-hydrogen) atoms. The number of fused-ring (bicyclic) bond motifs is 3. The quantitative estimate of drug-likeness (QED) is 0.246. The Hall–Kier alpha value is -4.33. The summed E-state index contributed by atoms with van der Waals surface area (Å²) in [5.41, 5.74) is 6.16. The van der Waals surface area contributed by atoms with E-state index in [1.54, 1.807) is 20.3 Å². The van der Waals surface area contributed by atoms with Crippen molar-refractivity contribution in [3.05, 3.63) is 132 Å². The molecule has 0 fully saturated rings. The molecular formula is C33H25ClN2O4S. The summed E-state index contributed by atoms with van der Waals surface area (Å²) in [5.74, 6) is 2.52. The first-order valence-electron chi connectivity index (χ1n) is 13.2. The third-order valence-electron chi connectivity index (χ3n) is 7.61. The van der Waals surface area contributed by atoms with Gasteiger partial charge in [0.25, 0.3) is 5.56 Å². The summed E-state index contributed by atoms with van der Waals surface area (Å²) in [5, 5.41) is 0.634. The largest absolute Gasteiger partial charge is 0.493 e. The van der Waals surface area contributed by atoms with E-state index in [-0.39, 0.29) is 11.6 Å². The summed E-state index contributed by atoms with van der Waals surface area (Å²) in [7, 11) is 3.24. The number of allylic oxidation sites excluding steroid dienone is 1. The van der Waals surface area contributed by atoms with Crippen LogP contribution in [0.25, 0.3) is 23.1 Å². The fourth-order valence-corrected chi connectivity index (χ4v) is 6.87. The average Bonchev–Trinajstić information content (AvgIpc) is 3.60. The second-order valence-electron chi connectivity index (χ2n) is 9.94. The van der Waals surface area contributed by atoms with Crippen LogP contribution < -0.4 is 24.4 Å². The molecule has 0 N–H and O–H groups in total. The molecular weight excluding hydrogens is 556 g/mol. The number of aryl methyl sites for hydroxylation is 1. The van der Waals surface area contributed by atoms with E-state index in [9.17, 15) is 4.79 Å². The van der Waals surface area contributed by atoms with Gasteiger partial charge in [-0.1, -0.05) is 65.4 Å². The number of halogens is 1. The van der Waals surface area contributed by atoms with Gasteiger partial charge in [0.1, 0.15) is 11.5 Å². The molecule has 8 heteroatoms. The number of nitrogens with zero attached hydrogens (tertiary/aromatic N) is 2. The Morgan fingerprint density at radius 1 is 0.976 bits per heavy atom. The lowest BCUT2D eigenvalue weighted by molar-refractivity contribution is 0.354. The van der Waals surface area contributed by atoms with E-state index >= 15 is 0 Å². The summed E-state index contributed by atoms with van der Waals surface area (Å²) in [6.07, 6.45) is 3.48. The third-order valence-corrected chi connectivity index (χ3v) is 8.82. The first kappa shape index (κ1) is 25.6. The predicted octanol–water partition coefficient (Wildman–Crippen LogP) is 6.25. The second-order valence-corrected chi connectivity index (χ2v) is 11.4. The molecule has 5 aromatic rings. The highest BCUT2D eigenvalue weighted by Gasteiger charge is 2.33. The molecule has 2 aromatic heterocycles. The Labute approximate surface area is 245 Å². The van der Waals surface area contributed by atoms with Crippen LogP contribution in [0.5, 0.6) is 11.5 Å². The maximum absolute atomic E-state index is 14.1. The molecule has 0 saturated carbocycles. The minimum absolute atomic E-state index is 0.111. The monoisotopic (exact) mass is 580 g/mol. The zero-order valence-corrected chi connectivity index (χ0v) is 24.0. The van der Waals surface area contributed by atoms with Gasteiger partial charge in [0, 0.05) is 22.2 Å². The molecule has 0 bridgehead atoms. The molecule has 3 heterocycles. The van der Waals surface area contributed by atoms with Crippen LogP contribution >= 0.6 is 22.9 Å². The van der Waals surface area contributed by atoms with Crippen molar-refractivity contribution in [2.75, 3.05) is 14.2 Å². The van der Waals surface area contributed by atoms with Crippen LogP contribution in [0.1, 0.15) is 34.9 Å². The standard InChI is InChI=1S/C33H25ClN2O4S/c1-38-27-14-11-21(17-28(27)39-2)31-25-13-10-19-6-3-4-9-24(19)30(25)35-33-36(31)32(37)29(41-33)18-23-12-15-26(40-23)20-7-5-8-22(34)16-20/h3-9,11-12,14-18,31H,10,13H2,1-2H3/b29-18-. The SMILES string of the molecule is COc1ccc(C2C3=C(N=c4s/c(=C\c5ccc(-c6cccc(Cl)c6)o5)c(=O)n42)c2ccccc2CC3)cc1OC. The topological polar surface area (TPSA) is 66.0 Å². The number of ether oxygens (including phenoxy) is 2. The maximum Gasteiger partial charge on any atom is 0.271 e. The Morgan fingerprint density at radius 2 is 1.83 bits per heavy atom. The Balaban J connectivity index is 1.41.